The van der Waals surface area contributed by atoms with Crippen molar-refractivity contribution in [1.82, 2.24) is 4.57 Å². The fraction of sp³-hybridized carbons (Fsp3) is 0.292. The van der Waals surface area contributed by atoms with E-state index in [1.165, 1.54) is 6.07 Å². The lowest BCUT2D eigenvalue weighted by atomic mass is 10.0. The van der Waals surface area contributed by atoms with Crippen LogP contribution in [-0.4, -0.2) is 10.5 Å². The maximum Gasteiger partial charge on any atom is 0.416 e. The van der Waals surface area contributed by atoms with E-state index >= 15 is 0 Å². The number of nitrogens with zero attached hydrogens (tertiary/aromatic N) is 1. The number of alkyl halides is 6. The minimum Gasteiger partial charge on any atom is -0.366 e. The second-order valence-corrected chi connectivity index (χ2v) is 7.93. The van der Waals surface area contributed by atoms with Gasteiger partial charge in [-0.05, 0) is 62.1 Å². The van der Waals surface area contributed by atoms with Crippen LogP contribution in [0.2, 0.25) is 0 Å². The molecule has 1 unspecified atom stereocenters. The molecule has 2 N–H and O–H groups in total. The van der Waals surface area contributed by atoms with Gasteiger partial charge in [0.15, 0.2) is 0 Å². The van der Waals surface area contributed by atoms with Gasteiger partial charge in [0, 0.05) is 17.4 Å². The fourth-order valence-corrected chi connectivity index (χ4v) is 3.91. The first kappa shape index (κ1) is 24.4. The summed E-state index contributed by atoms with van der Waals surface area (Å²) in [4.78, 5) is 11.9. The van der Waals surface area contributed by atoms with E-state index in [1.807, 2.05) is 30.3 Å². The van der Waals surface area contributed by atoms with E-state index in [4.69, 9.17) is 5.73 Å². The molecule has 176 valence electrons. The first-order valence-corrected chi connectivity index (χ1v) is 10.1. The van der Waals surface area contributed by atoms with Gasteiger partial charge in [-0.3, -0.25) is 4.79 Å². The zero-order valence-electron chi connectivity index (χ0n) is 17.9. The standard InChI is InChI=1S/C24H22F6N2O/c1-14(8-9-16-6-4-3-5-7-16)32-15(2)20(22(31)33)13-21(32)17-10-18(23(25,26)27)12-19(11-17)24(28,29)30/h3-7,10-14H,8-9H2,1-2H3,(H2,31,33). The smallest absolute Gasteiger partial charge is 0.366 e. The molecular formula is C24H22F6N2O. The van der Waals surface area contributed by atoms with Crippen LogP contribution in [0, 0.1) is 6.92 Å². The van der Waals surface area contributed by atoms with Gasteiger partial charge >= 0.3 is 12.4 Å². The summed E-state index contributed by atoms with van der Waals surface area (Å²) in [5.41, 5.74) is 3.81. The molecule has 0 saturated carbocycles. The monoisotopic (exact) mass is 468 g/mol. The number of hydrogen-bond donors (Lipinski definition) is 1. The highest BCUT2D eigenvalue weighted by Crippen LogP contribution is 2.40. The van der Waals surface area contributed by atoms with Gasteiger partial charge in [-0.25, -0.2) is 0 Å². The van der Waals surface area contributed by atoms with Crippen molar-refractivity contribution in [1.29, 1.82) is 0 Å². The molecule has 3 rings (SSSR count). The number of hydrogen-bond acceptors (Lipinski definition) is 1. The van der Waals surface area contributed by atoms with E-state index in [9.17, 15) is 31.1 Å². The number of carbonyl (C=O) groups excluding carboxylic acids is 1. The summed E-state index contributed by atoms with van der Waals surface area (Å²) >= 11 is 0. The molecule has 1 amide bonds. The minimum atomic E-state index is -4.98. The lowest BCUT2D eigenvalue weighted by Gasteiger charge is -2.21. The molecule has 9 heteroatoms. The van der Waals surface area contributed by atoms with Crippen LogP contribution in [0.3, 0.4) is 0 Å². The molecule has 3 nitrogen and oxygen atoms in total. The molecule has 1 heterocycles. The first-order valence-electron chi connectivity index (χ1n) is 10.1. The molecule has 0 aliphatic heterocycles. The number of rotatable bonds is 6. The zero-order valence-corrected chi connectivity index (χ0v) is 17.9. The minimum absolute atomic E-state index is 0.0440. The Morgan fingerprint density at radius 2 is 1.48 bits per heavy atom. The molecule has 0 bridgehead atoms. The number of benzene rings is 2. The van der Waals surface area contributed by atoms with Crippen molar-refractivity contribution in [3.63, 3.8) is 0 Å². The molecule has 0 aliphatic carbocycles. The Morgan fingerprint density at radius 1 is 0.939 bits per heavy atom. The second kappa shape index (κ2) is 8.96. The van der Waals surface area contributed by atoms with Gasteiger partial charge in [0.25, 0.3) is 5.91 Å². The predicted octanol–water partition coefficient (Wildman–Crippen LogP) is 6.79. The Balaban J connectivity index is 2.14. The van der Waals surface area contributed by atoms with E-state index in [0.29, 0.717) is 30.7 Å². The van der Waals surface area contributed by atoms with Gasteiger partial charge < -0.3 is 10.3 Å². The first-order chi connectivity index (χ1) is 15.3. The Kier molecular flexibility index (Phi) is 6.63. The lowest BCUT2D eigenvalue weighted by Crippen LogP contribution is -2.15. The Morgan fingerprint density at radius 3 is 1.97 bits per heavy atom. The SMILES string of the molecule is Cc1c(C(N)=O)cc(-c2cc(C(F)(F)F)cc(C(F)(F)F)c2)n1C(C)CCc1ccccc1. The third-order valence-corrected chi connectivity index (χ3v) is 5.58. The number of amides is 1. The van der Waals surface area contributed by atoms with Crippen molar-refractivity contribution in [2.24, 2.45) is 5.73 Å². The van der Waals surface area contributed by atoms with E-state index in [-0.39, 0.29) is 28.9 Å². The van der Waals surface area contributed by atoms with Gasteiger partial charge in [-0.15, -0.1) is 0 Å². The molecular weight excluding hydrogens is 446 g/mol. The van der Waals surface area contributed by atoms with Crippen molar-refractivity contribution in [3.8, 4) is 11.3 Å². The molecule has 0 spiro atoms. The number of nitrogens with two attached hydrogens (primary N) is 1. The summed E-state index contributed by atoms with van der Waals surface area (Å²) in [5, 5.41) is 0. The van der Waals surface area contributed by atoms with E-state index in [2.05, 4.69) is 0 Å². The summed E-state index contributed by atoms with van der Waals surface area (Å²) in [6, 6.07) is 11.8. The van der Waals surface area contributed by atoms with Crippen LogP contribution in [-0.2, 0) is 18.8 Å². The van der Waals surface area contributed by atoms with Crippen LogP contribution in [0.4, 0.5) is 26.3 Å². The number of aryl methyl sites for hydroxylation is 1. The fourth-order valence-electron chi connectivity index (χ4n) is 3.91. The number of halogens is 6. The van der Waals surface area contributed by atoms with E-state index in [1.54, 1.807) is 18.4 Å². The average Bonchev–Trinajstić information content (AvgIpc) is 3.08. The molecule has 0 fully saturated rings. The molecule has 33 heavy (non-hydrogen) atoms. The van der Waals surface area contributed by atoms with Crippen molar-refractivity contribution in [3.05, 3.63) is 82.5 Å². The van der Waals surface area contributed by atoms with Crippen LogP contribution >= 0.6 is 0 Å². The average molecular weight is 468 g/mol. The normalized spacial score (nSPS) is 13.2. The van der Waals surface area contributed by atoms with Crippen LogP contribution in [0.5, 0.6) is 0 Å². The second-order valence-electron chi connectivity index (χ2n) is 7.93. The third kappa shape index (κ3) is 5.40. The number of carbonyl (C=O) groups is 1. The van der Waals surface area contributed by atoms with Crippen molar-refractivity contribution >= 4 is 5.91 Å². The van der Waals surface area contributed by atoms with Crippen LogP contribution in [0.25, 0.3) is 11.3 Å². The summed E-state index contributed by atoms with van der Waals surface area (Å²) < 4.78 is 81.9. The Labute approximate surface area is 186 Å². The summed E-state index contributed by atoms with van der Waals surface area (Å²) in [5.74, 6) is -0.814. The van der Waals surface area contributed by atoms with Crippen LogP contribution in [0.1, 0.15) is 52.1 Å². The number of aromatic nitrogens is 1. The largest absolute Gasteiger partial charge is 0.416 e. The van der Waals surface area contributed by atoms with Gasteiger partial charge in [0.05, 0.1) is 16.7 Å². The van der Waals surface area contributed by atoms with Crippen LogP contribution < -0.4 is 5.73 Å². The van der Waals surface area contributed by atoms with E-state index in [0.717, 1.165) is 5.56 Å². The number of primary amides is 1. The Hall–Kier alpha value is -3.23. The maximum atomic E-state index is 13.4. The highest BCUT2D eigenvalue weighted by Gasteiger charge is 2.37. The molecule has 3 aromatic rings. The van der Waals surface area contributed by atoms with E-state index < -0.39 is 29.4 Å². The molecule has 1 aromatic heterocycles. The van der Waals surface area contributed by atoms with Crippen molar-refractivity contribution in [2.45, 2.75) is 45.1 Å². The molecule has 0 radical (unpaired) electrons. The van der Waals surface area contributed by atoms with Crippen LogP contribution in [0.15, 0.2) is 54.6 Å². The van der Waals surface area contributed by atoms with Crippen molar-refractivity contribution < 1.29 is 31.1 Å². The Bertz CT molecular complexity index is 1110. The lowest BCUT2D eigenvalue weighted by molar-refractivity contribution is -0.143. The summed E-state index contributed by atoms with van der Waals surface area (Å²) in [7, 11) is 0. The zero-order chi connectivity index (χ0) is 24.6. The summed E-state index contributed by atoms with van der Waals surface area (Å²) in [6.07, 6.45) is -8.79. The molecule has 2 aromatic carbocycles. The van der Waals surface area contributed by atoms with Gasteiger partial charge in [-0.1, -0.05) is 30.3 Å². The summed E-state index contributed by atoms with van der Waals surface area (Å²) in [6.45, 7) is 3.36. The molecule has 1 atom stereocenters. The van der Waals surface area contributed by atoms with Gasteiger partial charge in [-0.2, -0.15) is 26.3 Å². The maximum absolute atomic E-state index is 13.4. The van der Waals surface area contributed by atoms with Crippen molar-refractivity contribution in [2.75, 3.05) is 0 Å². The van der Waals surface area contributed by atoms with Gasteiger partial charge in [0.1, 0.15) is 0 Å². The highest BCUT2D eigenvalue weighted by molar-refractivity contribution is 5.95. The molecule has 0 aliphatic rings. The topological polar surface area (TPSA) is 48.0 Å². The quantitative estimate of drug-likeness (QED) is 0.398. The third-order valence-electron chi connectivity index (χ3n) is 5.58. The van der Waals surface area contributed by atoms with Gasteiger partial charge in [0.2, 0.25) is 0 Å². The molecule has 0 saturated heterocycles. The predicted molar refractivity (Wildman–Crippen MR) is 113 cm³/mol. The highest BCUT2D eigenvalue weighted by atomic mass is 19.4.